The summed E-state index contributed by atoms with van der Waals surface area (Å²) in [6.07, 6.45) is 6.66. The van der Waals surface area contributed by atoms with E-state index in [4.69, 9.17) is 5.73 Å². The molecular formula is C15H15N5O. The summed E-state index contributed by atoms with van der Waals surface area (Å²) in [5, 5.41) is 0. The van der Waals surface area contributed by atoms with E-state index in [2.05, 4.69) is 15.0 Å². The number of aromatic nitrogens is 4. The molecule has 0 aliphatic heterocycles. The van der Waals surface area contributed by atoms with E-state index in [-0.39, 0.29) is 11.7 Å². The van der Waals surface area contributed by atoms with Crippen molar-refractivity contribution in [2.75, 3.05) is 5.73 Å². The second kappa shape index (κ2) is 4.97. The van der Waals surface area contributed by atoms with Gasteiger partial charge in [-0.15, -0.1) is 0 Å². The van der Waals surface area contributed by atoms with Crippen molar-refractivity contribution in [1.82, 2.24) is 19.4 Å². The Morgan fingerprint density at radius 1 is 1.33 bits per heavy atom. The summed E-state index contributed by atoms with van der Waals surface area (Å²) in [4.78, 5) is 25.2. The fourth-order valence-electron chi connectivity index (χ4n) is 2.26. The first-order valence-electron chi connectivity index (χ1n) is 6.66. The SMILES string of the molecule is CC(C)c1nc(C(=O)c2ccnc(N)c2)c2cnccn12. The van der Waals surface area contributed by atoms with Gasteiger partial charge in [0.25, 0.3) is 0 Å². The maximum atomic E-state index is 12.7. The Bertz CT molecular complexity index is 822. The number of carbonyl (C=O) groups excluding carboxylic acids is 1. The van der Waals surface area contributed by atoms with Gasteiger partial charge in [0.1, 0.15) is 17.3 Å². The molecule has 0 saturated carbocycles. The third kappa shape index (κ3) is 2.24. The molecule has 0 spiro atoms. The minimum Gasteiger partial charge on any atom is -0.384 e. The normalized spacial score (nSPS) is 11.2. The van der Waals surface area contributed by atoms with Crippen LogP contribution in [0.25, 0.3) is 5.52 Å². The van der Waals surface area contributed by atoms with Crippen molar-refractivity contribution in [2.45, 2.75) is 19.8 Å². The molecule has 6 nitrogen and oxygen atoms in total. The van der Waals surface area contributed by atoms with Crippen LogP contribution in [0.15, 0.2) is 36.9 Å². The lowest BCUT2D eigenvalue weighted by atomic mass is 10.1. The molecule has 0 aromatic carbocycles. The molecule has 3 aromatic heterocycles. The van der Waals surface area contributed by atoms with Crippen LogP contribution >= 0.6 is 0 Å². The van der Waals surface area contributed by atoms with Gasteiger partial charge in [0.15, 0.2) is 0 Å². The van der Waals surface area contributed by atoms with Gasteiger partial charge in [0, 0.05) is 30.1 Å². The first kappa shape index (κ1) is 13.2. The lowest BCUT2D eigenvalue weighted by molar-refractivity contribution is 0.103. The van der Waals surface area contributed by atoms with Crippen molar-refractivity contribution >= 4 is 17.1 Å². The average Bonchev–Trinajstić information content (AvgIpc) is 2.86. The smallest absolute Gasteiger partial charge is 0.213 e. The monoisotopic (exact) mass is 281 g/mol. The number of ketones is 1. The Labute approximate surface area is 121 Å². The fraction of sp³-hybridized carbons (Fsp3) is 0.200. The number of fused-ring (bicyclic) bond motifs is 1. The minimum atomic E-state index is -0.179. The lowest BCUT2D eigenvalue weighted by Crippen LogP contribution is -2.04. The number of imidazole rings is 1. The van der Waals surface area contributed by atoms with Gasteiger partial charge in [-0.05, 0) is 12.1 Å². The molecular weight excluding hydrogens is 266 g/mol. The van der Waals surface area contributed by atoms with Crippen LogP contribution in [0.1, 0.15) is 41.6 Å². The quantitative estimate of drug-likeness (QED) is 0.743. The van der Waals surface area contributed by atoms with E-state index in [0.29, 0.717) is 22.6 Å². The highest BCUT2D eigenvalue weighted by Crippen LogP contribution is 2.21. The van der Waals surface area contributed by atoms with Crippen molar-refractivity contribution in [3.05, 3.63) is 54.0 Å². The van der Waals surface area contributed by atoms with E-state index in [0.717, 1.165) is 5.82 Å². The molecule has 0 fully saturated rings. The van der Waals surface area contributed by atoms with E-state index in [9.17, 15) is 4.79 Å². The number of pyridine rings is 1. The number of hydrogen-bond donors (Lipinski definition) is 1. The highest BCUT2D eigenvalue weighted by Gasteiger charge is 2.20. The van der Waals surface area contributed by atoms with Crippen molar-refractivity contribution in [2.24, 2.45) is 0 Å². The van der Waals surface area contributed by atoms with Gasteiger partial charge in [-0.3, -0.25) is 14.2 Å². The highest BCUT2D eigenvalue weighted by molar-refractivity contribution is 6.12. The maximum Gasteiger partial charge on any atom is 0.213 e. The minimum absolute atomic E-state index is 0.179. The van der Waals surface area contributed by atoms with Crippen molar-refractivity contribution in [3.8, 4) is 0 Å². The second-order valence-electron chi connectivity index (χ2n) is 5.10. The Kier molecular flexibility index (Phi) is 3.13. The number of nitrogens with two attached hydrogens (primary N) is 1. The Morgan fingerprint density at radius 2 is 2.14 bits per heavy atom. The van der Waals surface area contributed by atoms with Gasteiger partial charge >= 0.3 is 0 Å². The number of anilines is 1. The molecule has 0 radical (unpaired) electrons. The van der Waals surface area contributed by atoms with Crippen LogP contribution in [-0.4, -0.2) is 25.1 Å². The average molecular weight is 281 g/mol. The standard InChI is InChI=1S/C15H15N5O/c1-9(2)15-19-13(11-8-17-5-6-20(11)15)14(21)10-3-4-18-12(16)7-10/h3-9H,1-2H3,(H2,16,18). The molecule has 6 heteroatoms. The van der Waals surface area contributed by atoms with Crippen LogP contribution < -0.4 is 5.73 Å². The largest absolute Gasteiger partial charge is 0.384 e. The molecule has 3 aromatic rings. The number of rotatable bonds is 3. The second-order valence-corrected chi connectivity index (χ2v) is 5.10. The molecule has 0 atom stereocenters. The van der Waals surface area contributed by atoms with E-state index >= 15 is 0 Å². The number of carbonyl (C=O) groups is 1. The van der Waals surface area contributed by atoms with Crippen LogP contribution in [0.2, 0.25) is 0 Å². The molecule has 21 heavy (non-hydrogen) atoms. The number of nitrogen functional groups attached to an aromatic ring is 1. The van der Waals surface area contributed by atoms with Crippen molar-refractivity contribution < 1.29 is 4.79 Å². The molecule has 3 rings (SSSR count). The molecule has 0 aliphatic carbocycles. The molecule has 0 saturated heterocycles. The van der Waals surface area contributed by atoms with Crippen molar-refractivity contribution in [1.29, 1.82) is 0 Å². The summed E-state index contributed by atoms with van der Waals surface area (Å²) in [5.41, 5.74) is 7.20. The summed E-state index contributed by atoms with van der Waals surface area (Å²) < 4.78 is 1.90. The van der Waals surface area contributed by atoms with Gasteiger partial charge in [-0.25, -0.2) is 9.97 Å². The summed E-state index contributed by atoms with van der Waals surface area (Å²) in [5.74, 6) is 1.16. The summed E-state index contributed by atoms with van der Waals surface area (Å²) in [6.45, 7) is 4.07. The topological polar surface area (TPSA) is 86.2 Å². The first-order chi connectivity index (χ1) is 10.1. The predicted octanol–water partition coefficient (Wildman–Crippen LogP) is 2.06. The first-order valence-corrected chi connectivity index (χ1v) is 6.66. The molecule has 2 N–H and O–H groups in total. The zero-order valence-electron chi connectivity index (χ0n) is 11.8. The molecule has 106 valence electrons. The predicted molar refractivity (Wildman–Crippen MR) is 79.2 cm³/mol. The summed E-state index contributed by atoms with van der Waals surface area (Å²) >= 11 is 0. The van der Waals surface area contributed by atoms with Crippen LogP contribution in [0.5, 0.6) is 0 Å². The number of nitrogens with zero attached hydrogens (tertiary/aromatic N) is 4. The van der Waals surface area contributed by atoms with E-state index in [1.54, 1.807) is 24.5 Å². The third-order valence-corrected chi connectivity index (χ3v) is 3.25. The zero-order chi connectivity index (χ0) is 15.0. The van der Waals surface area contributed by atoms with Crippen LogP contribution in [-0.2, 0) is 0 Å². The Morgan fingerprint density at radius 3 is 2.86 bits per heavy atom. The zero-order valence-corrected chi connectivity index (χ0v) is 11.8. The Balaban J connectivity index is 2.19. The highest BCUT2D eigenvalue weighted by atomic mass is 16.1. The van der Waals surface area contributed by atoms with Gasteiger partial charge in [-0.1, -0.05) is 13.8 Å². The van der Waals surface area contributed by atoms with Crippen LogP contribution in [0.3, 0.4) is 0 Å². The summed E-state index contributed by atoms with van der Waals surface area (Å²) in [6, 6.07) is 3.19. The molecule has 0 aliphatic rings. The fourth-order valence-corrected chi connectivity index (χ4v) is 2.26. The van der Waals surface area contributed by atoms with Crippen LogP contribution in [0, 0.1) is 0 Å². The van der Waals surface area contributed by atoms with Gasteiger partial charge in [0.05, 0.1) is 11.7 Å². The number of hydrogen-bond acceptors (Lipinski definition) is 5. The molecule has 0 unspecified atom stereocenters. The van der Waals surface area contributed by atoms with Crippen LogP contribution in [0.4, 0.5) is 5.82 Å². The van der Waals surface area contributed by atoms with Gasteiger partial charge in [-0.2, -0.15) is 0 Å². The van der Waals surface area contributed by atoms with E-state index in [1.807, 2.05) is 24.4 Å². The summed E-state index contributed by atoms with van der Waals surface area (Å²) in [7, 11) is 0. The van der Waals surface area contributed by atoms with Gasteiger partial charge in [0.2, 0.25) is 5.78 Å². The molecule has 0 amide bonds. The lowest BCUT2D eigenvalue weighted by Gasteiger charge is -2.02. The van der Waals surface area contributed by atoms with Crippen molar-refractivity contribution in [3.63, 3.8) is 0 Å². The van der Waals surface area contributed by atoms with Gasteiger partial charge < -0.3 is 5.73 Å². The molecule has 0 bridgehead atoms. The Hall–Kier alpha value is -2.76. The molecule has 3 heterocycles. The van der Waals surface area contributed by atoms with E-state index < -0.39 is 0 Å². The third-order valence-electron chi connectivity index (χ3n) is 3.25. The maximum absolute atomic E-state index is 12.7. The van der Waals surface area contributed by atoms with E-state index in [1.165, 1.54) is 6.20 Å².